The number of ether oxygens (including phenoxy) is 1. The van der Waals surface area contributed by atoms with E-state index in [1.165, 1.54) is 0 Å². The summed E-state index contributed by atoms with van der Waals surface area (Å²) in [5.74, 6) is 1.44. The third-order valence-corrected chi connectivity index (χ3v) is 4.09. The SMILES string of the molecule is COc1cccc(-c2nc(C(=O)N3CCN[C@H](C)C3)c(C)[nH]2)c1. The summed E-state index contributed by atoms with van der Waals surface area (Å²) in [4.78, 5) is 22.3. The maximum Gasteiger partial charge on any atom is 0.274 e. The highest BCUT2D eigenvalue weighted by Gasteiger charge is 2.25. The lowest BCUT2D eigenvalue weighted by molar-refractivity contribution is 0.0703. The standard InChI is InChI=1S/C17H22N4O2/c1-11-10-21(8-7-18-11)17(22)15-12(2)19-16(20-15)13-5-4-6-14(9-13)23-3/h4-6,9,11,18H,7-8,10H2,1-3H3,(H,19,20)/t11-/m1/s1. The molecule has 23 heavy (non-hydrogen) atoms. The Morgan fingerprint density at radius 2 is 2.26 bits per heavy atom. The van der Waals surface area contributed by atoms with Crippen molar-refractivity contribution >= 4 is 5.91 Å². The smallest absolute Gasteiger partial charge is 0.274 e. The fraction of sp³-hybridized carbons (Fsp3) is 0.412. The molecule has 0 unspecified atom stereocenters. The van der Waals surface area contributed by atoms with E-state index in [2.05, 4.69) is 22.2 Å². The number of nitrogens with zero attached hydrogens (tertiary/aromatic N) is 2. The monoisotopic (exact) mass is 314 g/mol. The molecule has 0 radical (unpaired) electrons. The van der Waals surface area contributed by atoms with E-state index in [-0.39, 0.29) is 5.91 Å². The van der Waals surface area contributed by atoms with E-state index < -0.39 is 0 Å². The van der Waals surface area contributed by atoms with Crippen molar-refractivity contribution in [1.82, 2.24) is 20.2 Å². The van der Waals surface area contributed by atoms with E-state index >= 15 is 0 Å². The fourth-order valence-electron chi connectivity index (χ4n) is 2.84. The van der Waals surface area contributed by atoms with Crippen molar-refractivity contribution in [2.24, 2.45) is 0 Å². The zero-order chi connectivity index (χ0) is 16.4. The van der Waals surface area contributed by atoms with E-state index in [9.17, 15) is 4.79 Å². The maximum absolute atomic E-state index is 12.7. The Kier molecular flexibility index (Phi) is 4.34. The first kappa shape index (κ1) is 15.6. The van der Waals surface area contributed by atoms with Gasteiger partial charge in [-0.2, -0.15) is 0 Å². The Morgan fingerprint density at radius 3 is 3.00 bits per heavy atom. The number of aromatic nitrogens is 2. The van der Waals surface area contributed by atoms with Crippen LogP contribution in [0.1, 0.15) is 23.1 Å². The Morgan fingerprint density at radius 1 is 1.43 bits per heavy atom. The molecule has 1 saturated heterocycles. The van der Waals surface area contributed by atoms with Crippen LogP contribution in [-0.4, -0.2) is 53.6 Å². The highest BCUT2D eigenvalue weighted by Crippen LogP contribution is 2.23. The second-order valence-electron chi connectivity index (χ2n) is 5.90. The minimum Gasteiger partial charge on any atom is -0.497 e. The third-order valence-electron chi connectivity index (χ3n) is 4.09. The molecule has 3 rings (SSSR count). The first-order chi connectivity index (χ1) is 11.1. The number of aromatic amines is 1. The van der Waals surface area contributed by atoms with Gasteiger partial charge in [0.2, 0.25) is 0 Å². The van der Waals surface area contributed by atoms with Gasteiger partial charge in [0, 0.05) is 36.9 Å². The van der Waals surface area contributed by atoms with Gasteiger partial charge in [0.25, 0.3) is 5.91 Å². The maximum atomic E-state index is 12.7. The van der Waals surface area contributed by atoms with Crippen LogP contribution in [0.2, 0.25) is 0 Å². The van der Waals surface area contributed by atoms with E-state index in [1.54, 1.807) is 7.11 Å². The molecule has 1 aromatic heterocycles. The Bertz CT molecular complexity index is 710. The normalized spacial score (nSPS) is 18.0. The van der Waals surface area contributed by atoms with Gasteiger partial charge in [-0.25, -0.2) is 4.98 Å². The van der Waals surface area contributed by atoms with Crippen LogP contribution < -0.4 is 10.1 Å². The van der Waals surface area contributed by atoms with E-state index in [1.807, 2.05) is 36.1 Å². The van der Waals surface area contributed by atoms with E-state index in [4.69, 9.17) is 4.74 Å². The molecule has 1 amide bonds. The first-order valence-corrected chi connectivity index (χ1v) is 7.82. The minimum atomic E-state index is -0.0127. The molecule has 0 spiro atoms. The van der Waals surface area contributed by atoms with Crippen LogP contribution in [0.3, 0.4) is 0 Å². The Hall–Kier alpha value is -2.34. The van der Waals surface area contributed by atoms with Crippen LogP contribution in [0.15, 0.2) is 24.3 Å². The number of hydrogen-bond acceptors (Lipinski definition) is 4. The number of amides is 1. The number of carbonyl (C=O) groups is 1. The number of aryl methyl sites for hydroxylation is 1. The summed E-state index contributed by atoms with van der Waals surface area (Å²) >= 11 is 0. The molecule has 0 aliphatic carbocycles. The van der Waals surface area contributed by atoms with Gasteiger partial charge in [0.05, 0.1) is 7.11 Å². The van der Waals surface area contributed by atoms with Crippen molar-refractivity contribution in [3.8, 4) is 17.1 Å². The molecule has 0 bridgehead atoms. The van der Waals surface area contributed by atoms with Gasteiger partial charge >= 0.3 is 0 Å². The lowest BCUT2D eigenvalue weighted by atomic mass is 10.2. The van der Waals surface area contributed by atoms with Crippen LogP contribution in [0.5, 0.6) is 5.75 Å². The summed E-state index contributed by atoms with van der Waals surface area (Å²) in [6, 6.07) is 7.95. The molecule has 6 heteroatoms. The van der Waals surface area contributed by atoms with Gasteiger partial charge in [0.15, 0.2) is 0 Å². The summed E-state index contributed by atoms with van der Waals surface area (Å²) in [7, 11) is 1.63. The average molecular weight is 314 g/mol. The predicted octanol–water partition coefficient (Wildman–Crippen LogP) is 1.83. The molecule has 2 N–H and O–H groups in total. The highest BCUT2D eigenvalue weighted by molar-refractivity contribution is 5.94. The van der Waals surface area contributed by atoms with Crippen molar-refractivity contribution in [1.29, 1.82) is 0 Å². The summed E-state index contributed by atoms with van der Waals surface area (Å²) in [5, 5.41) is 3.34. The van der Waals surface area contributed by atoms with Gasteiger partial charge in [-0.1, -0.05) is 12.1 Å². The van der Waals surface area contributed by atoms with E-state index in [0.717, 1.165) is 23.6 Å². The van der Waals surface area contributed by atoms with Crippen LogP contribution >= 0.6 is 0 Å². The van der Waals surface area contributed by atoms with Gasteiger partial charge in [-0.05, 0) is 26.0 Å². The van der Waals surface area contributed by atoms with Crippen molar-refractivity contribution in [3.05, 3.63) is 35.7 Å². The molecule has 1 aromatic carbocycles. The number of hydrogen-bond donors (Lipinski definition) is 2. The van der Waals surface area contributed by atoms with Gasteiger partial charge in [0.1, 0.15) is 17.3 Å². The molecule has 2 heterocycles. The summed E-state index contributed by atoms with van der Waals surface area (Å²) in [6.45, 7) is 6.21. The number of benzene rings is 1. The first-order valence-electron chi connectivity index (χ1n) is 7.82. The topological polar surface area (TPSA) is 70.2 Å². The number of methoxy groups -OCH3 is 1. The largest absolute Gasteiger partial charge is 0.497 e. The second kappa shape index (κ2) is 6.42. The van der Waals surface area contributed by atoms with Gasteiger partial charge < -0.3 is 19.9 Å². The van der Waals surface area contributed by atoms with Crippen LogP contribution in [-0.2, 0) is 0 Å². The van der Waals surface area contributed by atoms with Gasteiger partial charge in [-0.3, -0.25) is 4.79 Å². The summed E-state index contributed by atoms with van der Waals surface area (Å²) in [5.41, 5.74) is 2.19. The predicted molar refractivity (Wildman–Crippen MR) is 88.7 cm³/mol. The zero-order valence-electron chi connectivity index (χ0n) is 13.7. The quantitative estimate of drug-likeness (QED) is 0.907. The molecule has 122 valence electrons. The van der Waals surface area contributed by atoms with Crippen LogP contribution in [0.4, 0.5) is 0 Å². The van der Waals surface area contributed by atoms with E-state index in [0.29, 0.717) is 30.6 Å². The molecule has 6 nitrogen and oxygen atoms in total. The lowest BCUT2D eigenvalue weighted by Crippen LogP contribution is -2.51. The third kappa shape index (κ3) is 3.22. The molecule has 1 atom stereocenters. The average Bonchev–Trinajstić information content (AvgIpc) is 2.96. The fourth-order valence-corrected chi connectivity index (χ4v) is 2.84. The minimum absolute atomic E-state index is 0.0127. The van der Waals surface area contributed by atoms with Crippen molar-refractivity contribution in [2.45, 2.75) is 19.9 Å². The molecule has 1 fully saturated rings. The zero-order valence-corrected chi connectivity index (χ0v) is 13.7. The van der Waals surface area contributed by atoms with Gasteiger partial charge in [-0.15, -0.1) is 0 Å². The lowest BCUT2D eigenvalue weighted by Gasteiger charge is -2.31. The summed E-state index contributed by atoms with van der Waals surface area (Å²) in [6.07, 6.45) is 0. The number of rotatable bonds is 3. The number of H-pyrrole nitrogens is 1. The molecular weight excluding hydrogens is 292 g/mol. The van der Waals surface area contributed by atoms with Crippen molar-refractivity contribution in [2.75, 3.05) is 26.7 Å². The second-order valence-corrected chi connectivity index (χ2v) is 5.90. The molecular formula is C17H22N4O2. The molecule has 0 saturated carbocycles. The molecule has 2 aromatic rings. The molecule has 1 aliphatic rings. The highest BCUT2D eigenvalue weighted by atomic mass is 16.5. The van der Waals surface area contributed by atoms with Crippen molar-refractivity contribution in [3.63, 3.8) is 0 Å². The number of piperazine rings is 1. The Balaban J connectivity index is 1.87. The number of nitrogens with one attached hydrogen (secondary N) is 2. The van der Waals surface area contributed by atoms with Crippen molar-refractivity contribution < 1.29 is 9.53 Å². The Labute approximate surface area is 135 Å². The van der Waals surface area contributed by atoms with Crippen LogP contribution in [0.25, 0.3) is 11.4 Å². The molecule has 1 aliphatic heterocycles. The van der Waals surface area contributed by atoms with Crippen LogP contribution in [0, 0.1) is 6.92 Å². The summed E-state index contributed by atoms with van der Waals surface area (Å²) < 4.78 is 5.24. The number of imidazole rings is 1. The number of carbonyl (C=O) groups excluding carboxylic acids is 1.